The molecule has 1 aromatic carbocycles. The minimum absolute atomic E-state index is 0.0400. The zero-order valence-corrected chi connectivity index (χ0v) is 14.4. The highest BCUT2D eigenvalue weighted by Crippen LogP contribution is 2.22. The molecule has 1 aromatic rings. The Bertz CT molecular complexity index is 584. The first-order chi connectivity index (χ1) is 10.2. The van der Waals surface area contributed by atoms with Gasteiger partial charge in [-0.15, -0.1) is 0 Å². The Balaban J connectivity index is 2.83. The molecule has 0 aliphatic rings. The maximum absolute atomic E-state index is 12.3. The van der Waals surface area contributed by atoms with Crippen molar-refractivity contribution in [2.75, 3.05) is 26.9 Å². The molecule has 0 fully saturated rings. The number of rotatable bonds is 9. The predicted octanol–water partition coefficient (Wildman–Crippen LogP) is 1.46. The lowest BCUT2D eigenvalue weighted by Gasteiger charge is -2.22. The third-order valence-electron chi connectivity index (χ3n) is 3.02. The van der Waals surface area contributed by atoms with Crippen LogP contribution in [0, 0.1) is 6.92 Å². The first kappa shape index (κ1) is 18.9. The minimum atomic E-state index is -3.69. The third kappa shape index (κ3) is 5.57. The average Bonchev–Trinajstić information content (AvgIpc) is 2.44. The van der Waals surface area contributed by atoms with Crippen LogP contribution in [0.15, 0.2) is 23.1 Å². The normalized spacial score (nSPS) is 14.6. The molecule has 1 unspecified atom stereocenters. The van der Waals surface area contributed by atoms with E-state index in [9.17, 15) is 13.5 Å². The van der Waals surface area contributed by atoms with Crippen molar-refractivity contribution in [3.8, 4) is 5.75 Å². The van der Waals surface area contributed by atoms with Crippen LogP contribution in [0.25, 0.3) is 0 Å². The molecule has 0 amide bonds. The summed E-state index contributed by atoms with van der Waals surface area (Å²) in [6, 6.07) is 4.69. The van der Waals surface area contributed by atoms with Crippen LogP contribution >= 0.6 is 0 Å². The van der Waals surface area contributed by atoms with E-state index in [1.54, 1.807) is 19.1 Å². The summed E-state index contributed by atoms with van der Waals surface area (Å²) in [7, 11) is -2.25. The molecule has 22 heavy (non-hydrogen) atoms. The molecule has 0 aliphatic heterocycles. The molecule has 0 aromatic heterocycles. The van der Waals surface area contributed by atoms with Crippen molar-refractivity contribution in [3.05, 3.63) is 23.8 Å². The van der Waals surface area contributed by atoms with Crippen LogP contribution in [-0.4, -0.2) is 46.0 Å². The number of aryl methyl sites for hydroxylation is 1. The van der Waals surface area contributed by atoms with Crippen molar-refractivity contribution in [3.63, 3.8) is 0 Å². The van der Waals surface area contributed by atoms with Crippen LogP contribution in [0.1, 0.15) is 25.8 Å². The van der Waals surface area contributed by atoms with Crippen LogP contribution in [-0.2, 0) is 14.8 Å². The summed E-state index contributed by atoms with van der Waals surface area (Å²) >= 11 is 0. The molecule has 0 bridgehead atoms. The number of aliphatic hydroxyl groups is 1. The van der Waals surface area contributed by atoms with Crippen LogP contribution < -0.4 is 9.46 Å². The molecule has 0 aliphatic carbocycles. The second-order valence-electron chi connectivity index (χ2n) is 5.53. The van der Waals surface area contributed by atoms with Crippen molar-refractivity contribution in [1.82, 2.24) is 4.72 Å². The fraction of sp³-hybridized carbons (Fsp3) is 0.600. The van der Waals surface area contributed by atoms with Gasteiger partial charge in [-0.2, -0.15) is 0 Å². The minimum Gasteiger partial charge on any atom is -0.493 e. The molecule has 0 saturated heterocycles. The monoisotopic (exact) mass is 331 g/mol. The topological polar surface area (TPSA) is 84.9 Å². The van der Waals surface area contributed by atoms with E-state index in [0.29, 0.717) is 12.4 Å². The lowest BCUT2D eigenvalue weighted by atomic mass is 10.1. The van der Waals surface area contributed by atoms with E-state index in [1.807, 2.05) is 6.92 Å². The highest BCUT2D eigenvalue weighted by Gasteiger charge is 2.24. The van der Waals surface area contributed by atoms with Gasteiger partial charge in [-0.1, -0.05) is 6.92 Å². The zero-order chi connectivity index (χ0) is 16.8. The summed E-state index contributed by atoms with van der Waals surface area (Å²) in [6.07, 6.45) is 0.885. The Morgan fingerprint density at radius 3 is 2.59 bits per heavy atom. The SMILES string of the molecule is CCCOc1ccc(S(=O)(=O)NCC(C)(O)COC)cc1C. The lowest BCUT2D eigenvalue weighted by molar-refractivity contribution is -0.0119. The van der Waals surface area contributed by atoms with E-state index in [4.69, 9.17) is 9.47 Å². The number of benzene rings is 1. The van der Waals surface area contributed by atoms with Crippen molar-refractivity contribution in [2.24, 2.45) is 0 Å². The number of nitrogens with one attached hydrogen (secondary N) is 1. The van der Waals surface area contributed by atoms with Crippen molar-refractivity contribution < 1.29 is 23.0 Å². The van der Waals surface area contributed by atoms with Gasteiger partial charge >= 0.3 is 0 Å². The van der Waals surface area contributed by atoms with Crippen LogP contribution in [0.4, 0.5) is 0 Å². The number of sulfonamides is 1. The zero-order valence-electron chi connectivity index (χ0n) is 13.5. The number of methoxy groups -OCH3 is 1. The Labute approximate surface area is 132 Å². The predicted molar refractivity (Wildman–Crippen MR) is 84.7 cm³/mol. The summed E-state index contributed by atoms with van der Waals surface area (Å²) < 4.78 is 37.3. The van der Waals surface area contributed by atoms with Gasteiger partial charge in [0.05, 0.1) is 23.7 Å². The Morgan fingerprint density at radius 1 is 1.36 bits per heavy atom. The maximum Gasteiger partial charge on any atom is 0.240 e. The summed E-state index contributed by atoms with van der Waals surface area (Å²) in [6.45, 7) is 5.81. The summed E-state index contributed by atoms with van der Waals surface area (Å²) in [5.74, 6) is 0.673. The highest BCUT2D eigenvalue weighted by atomic mass is 32.2. The lowest BCUT2D eigenvalue weighted by Crippen LogP contribution is -2.43. The van der Waals surface area contributed by atoms with E-state index in [0.717, 1.165) is 12.0 Å². The van der Waals surface area contributed by atoms with E-state index < -0.39 is 15.6 Å². The summed E-state index contributed by atoms with van der Waals surface area (Å²) in [5.41, 5.74) is -0.513. The molecule has 0 radical (unpaired) electrons. The summed E-state index contributed by atoms with van der Waals surface area (Å²) in [5, 5.41) is 9.95. The summed E-state index contributed by atoms with van der Waals surface area (Å²) in [4.78, 5) is 0.141. The van der Waals surface area contributed by atoms with Gasteiger partial charge in [0.2, 0.25) is 10.0 Å². The molecule has 0 spiro atoms. The van der Waals surface area contributed by atoms with Gasteiger partial charge in [-0.3, -0.25) is 0 Å². The molecule has 1 rings (SSSR count). The number of hydrogen-bond acceptors (Lipinski definition) is 5. The van der Waals surface area contributed by atoms with Gasteiger partial charge in [-0.25, -0.2) is 13.1 Å². The quantitative estimate of drug-likeness (QED) is 0.715. The van der Waals surface area contributed by atoms with Gasteiger partial charge in [0.1, 0.15) is 5.75 Å². The average molecular weight is 331 g/mol. The van der Waals surface area contributed by atoms with Crippen LogP contribution in [0.5, 0.6) is 5.75 Å². The first-order valence-electron chi connectivity index (χ1n) is 7.16. The molecular formula is C15H25NO5S. The standard InChI is InChI=1S/C15H25NO5S/c1-5-8-21-14-7-6-13(9-12(14)2)22(18,19)16-10-15(3,17)11-20-4/h6-7,9,16-17H,5,8,10-11H2,1-4H3. The Kier molecular flexibility index (Phi) is 6.80. The second-order valence-corrected chi connectivity index (χ2v) is 7.30. The molecular weight excluding hydrogens is 306 g/mol. The molecule has 7 heteroatoms. The fourth-order valence-corrected chi connectivity index (χ4v) is 3.11. The highest BCUT2D eigenvalue weighted by molar-refractivity contribution is 7.89. The van der Waals surface area contributed by atoms with Gasteiger partial charge < -0.3 is 14.6 Å². The molecule has 1 atom stereocenters. The van der Waals surface area contributed by atoms with Crippen molar-refractivity contribution >= 4 is 10.0 Å². The smallest absolute Gasteiger partial charge is 0.240 e. The molecule has 126 valence electrons. The molecule has 2 N–H and O–H groups in total. The van der Waals surface area contributed by atoms with Crippen molar-refractivity contribution in [2.45, 2.75) is 37.7 Å². The number of ether oxygens (including phenoxy) is 2. The van der Waals surface area contributed by atoms with E-state index in [-0.39, 0.29) is 18.0 Å². The van der Waals surface area contributed by atoms with E-state index in [1.165, 1.54) is 20.1 Å². The molecule has 0 saturated carbocycles. The van der Waals surface area contributed by atoms with Gasteiger partial charge in [0, 0.05) is 13.7 Å². The fourth-order valence-electron chi connectivity index (χ4n) is 1.86. The van der Waals surface area contributed by atoms with Gasteiger partial charge in [0.25, 0.3) is 0 Å². The van der Waals surface area contributed by atoms with E-state index >= 15 is 0 Å². The Hall–Kier alpha value is -1.15. The van der Waals surface area contributed by atoms with Crippen LogP contribution in [0.3, 0.4) is 0 Å². The number of hydrogen-bond donors (Lipinski definition) is 2. The van der Waals surface area contributed by atoms with Gasteiger partial charge in [-0.05, 0) is 44.0 Å². The maximum atomic E-state index is 12.3. The van der Waals surface area contributed by atoms with Gasteiger partial charge in [0.15, 0.2) is 0 Å². The third-order valence-corrected chi connectivity index (χ3v) is 4.42. The molecule has 6 nitrogen and oxygen atoms in total. The second kappa shape index (κ2) is 7.92. The largest absolute Gasteiger partial charge is 0.493 e. The molecule has 0 heterocycles. The van der Waals surface area contributed by atoms with Crippen LogP contribution in [0.2, 0.25) is 0 Å². The Morgan fingerprint density at radius 2 is 2.05 bits per heavy atom. The first-order valence-corrected chi connectivity index (χ1v) is 8.64. The van der Waals surface area contributed by atoms with E-state index in [2.05, 4.69) is 4.72 Å². The van der Waals surface area contributed by atoms with Crippen molar-refractivity contribution in [1.29, 1.82) is 0 Å².